The molecule has 5 nitrogen and oxygen atoms in total. The van der Waals surface area contributed by atoms with Gasteiger partial charge in [-0.25, -0.2) is 0 Å². The van der Waals surface area contributed by atoms with Crippen molar-refractivity contribution in [2.24, 2.45) is 0 Å². The van der Waals surface area contributed by atoms with Crippen molar-refractivity contribution < 1.29 is 23.7 Å². The lowest BCUT2D eigenvalue weighted by atomic mass is 10.1. The highest BCUT2D eigenvalue weighted by Gasteiger charge is 2.28. The van der Waals surface area contributed by atoms with Gasteiger partial charge < -0.3 is 18.9 Å². The molecule has 0 spiro atoms. The minimum Gasteiger partial charge on any atom is -0.497 e. The molecule has 0 atom stereocenters. The molecule has 0 N–H and O–H groups in total. The minimum atomic E-state index is -0.194. The number of fused-ring (bicyclic) bond motifs is 1. The summed E-state index contributed by atoms with van der Waals surface area (Å²) in [6.07, 6.45) is 1.66. The van der Waals surface area contributed by atoms with E-state index in [0.717, 1.165) is 5.56 Å². The van der Waals surface area contributed by atoms with Gasteiger partial charge in [0.25, 0.3) is 0 Å². The van der Waals surface area contributed by atoms with Crippen LogP contribution in [0.5, 0.6) is 23.0 Å². The fourth-order valence-corrected chi connectivity index (χ4v) is 3.30. The van der Waals surface area contributed by atoms with E-state index in [0.29, 0.717) is 45.8 Å². The average molecular weight is 423 g/mol. The molecule has 1 aliphatic rings. The molecule has 1 heterocycles. The fraction of sp³-hybridized carbons (Fsp3) is 0.125. The monoisotopic (exact) mass is 422 g/mol. The Kier molecular flexibility index (Phi) is 5.63. The summed E-state index contributed by atoms with van der Waals surface area (Å²) in [4.78, 5) is 12.7. The molecule has 0 aromatic heterocycles. The van der Waals surface area contributed by atoms with Crippen molar-refractivity contribution in [1.29, 1.82) is 0 Å². The van der Waals surface area contributed by atoms with Gasteiger partial charge in [-0.15, -0.1) is 0 Å². The van der Waals surface area contributed by atoms with Gasteiger partial charge in [0.1, 0.15) is 29.6 Å². The highest BCUT2D eigenvalue weighted by molar-refractivity contribution is 6.31. The molecule has 0 saturated carbocycles. The molecule has 0 unspecified atom stereocenters. The number of ether oxygens (including phenoxy) is 4. The molecular weight excluding hydrogens is 404 g/mol. The van der Waals surface area contributed by atoms with Gasteiger partial charge in [-0.1, -0.05) is 29.8 Å². The number of benzene rings is 3. The molecule has 4 rings (SSSR count). The first-order chi connectivity index (χ1) is 14.6. The standard InChI is InChI=1S/C24H19ClO5/c1-27-17-8-7-15(21(12-17)28-2)11-23-24(26)19-10-9-18(13-22(19)30-23)29-14-16-5-3-4-6-20(16)25/h3-13H,14H2,1-2H3/b23-11-. The number of hydrogen-bond donors (Lipinski definition) is 0. The normalized spacial score (nSPS) is 13.7. The van der Waals surface area contributed by atoms with Crippen LogP contribution in [-0.4, -0.2) is 20.0 Å². The number of halogens is 1. The lowest BCUT2D eigenvalue weighted by Crippen LogP contribution is -1.99. The van der Waals surface area contributed by atoms with Gasteiger partial charge in [0, 0.05) is 28.3 Å². The second kappa shape index (κ2) is 8.51. The Hall–Kier alpha value is -3.44. The molecule has 3 aromatic rings. The number of methoxy groups -OCH3 is 2. The van der Waals surface area contributed by atoms with E-state index in [1.54, 1.807) is 50.6 Å². The summed E-state index contributed by atoms with van der Waals surface area (Å²) in [5.41, 5.74) is 2.08. The molecular formula is C24H19ClO5. The smallest absolute Gasteiger partial charge is 0.231 e. The van der Waals surface area contributed by atoms with Crippen LogP contribution in [0, 0.1) is 0 Å². The topological polar surface area (TPSA) is 54.0 Å². The predicted molar refractivity (Wildman–Crippen MR) is 115 cm³/mol. The molecule has 0 bridgehead atoms. The maximum Gasteiger partial charge on any atom is 0.231 e. The number of allylic oxidation sites excluding steroid dienone is 1. The van der Waals surface area contributed by atoms with Crippen LogP contribution in [0.25, 0.3) is 6.08 Å². The zero-order valence-electron chi connectivity index (χ0n) is 16.5. The van der Waals surface area contributed by atoms with Crippen LogP contribution in [0.2, 0.25) is 5.02 Å². The number of Topliss-reactive ketones (excluding diaryl/α,β-unsaturated/α-hetero) is 1. The van der Waals surface area contributed by atoms with Crippen molar-refractivity contribution >= 4 is 23.5 Å². The van der Waals surface area contributed by atoms with Crippen molar-refractivity contribution in [3.05, 3.63) is 88.1 Å². The molecule has 3 aromatic carbocycles. The molecule has 152 valence electrons. The Morgan fingerprint density at radius 3 is 2.53 bits per heavy atom. The van der Waals surface area contributed by atoms with Crippen LogP contribution in [-0.2, 0) is 6.61 Å². The number of ketones is 1. The number of rotatable bonds is 6. The van der Waals surface area contributed by atoms with Gasteiger partial charge in [0.15, 0.2) is 5.76 Å². The maximum atomic E-state index is 12.7. The predicted octanol–water partition coefficient (Wildman–Crippen LogP) is 5.55. The summed E-state index contributed by atoms with van der Waals surface area (Å²) in [6.45, 7) is 0.318. The Labute approximate surface area is 179 Å². The summed E-state index contributed by atoms with van der Waals surface area (Å²) in [6, 6.07) is 18.0. The molecule has 0 radical (unpaired) electrons. The van der Waals surface area contributed by atoms with Crippen LogP contribution in [0.1, 0.15) is 21.5 Å². The van der Waals surface area contributed by atoms with Crippen LogP contribution in [0.3, 0.4) is 0 Å². The van der Waals surface area contributed by atoms with Crippen LogP contribution in [0.4, 0.5) is 0 Å². The second-order valence-corrected chi connectivity index (χ2v) is 6.99. The van der Waals surface area contributed by atoms with Crippen molar-refractivity contribution in [1.82, 2.24) is 0 Å². The number of carbonyl (C=O) groups excluding carboxylic acids is 1. The highest BCUT2D eigenvalue weighted by Crippen LogP contribution is 2.36. The zero-order valence-corrected chi connectivity index (χ0v) is 17.2. The number of carbonyl (C=O) groups is 1. The van der Waals surface area contributed by atoms with E-state index in [4.69, 9.17) is 30.5 Å². The molecule has 0 amide bonds. The van der Waals surface area contributed by atoms with Gasteiger partial charge in [-0.2, -0.15) is 0 Å². The van der Waals surface area contributed by atoms with Gasteiger partial charge in [-0.05, 0) is 36.4 Å². The zero-order chi connectivity index (χ0) is 21.1. The van der Waals surface area contributed by atoms with Crippen LogP contribution in [0.15, 0.2) is 66.4 Å². The summed E-state index contributed by atoms with van der Waals surface area (Å²) in [5.74, 6) is 2.31. The van der Waals surface area contributed by atoms with E-state index in [-0.39, 0.29) is 11.5 Å². The van der Waals surface area contributed by atoms with Gasteiger partial charge in [0.2, 0.25) is 5.78 Å². The van der Waals surface area contributed by atoms with Gasteiger partial charge in [-0.3, -0.25) is 4.79 Å². The molecule has 6 heteroatoms. The summed E-state index contributed by atoms with van der Waals surface area (Å²) >= 11 is 6.17. The molecule has 1 aliphatic heterocycles. The van der Waals surface area contributed by atoms with Gasteiger partial charge >= 0.3 is 0 Å². The third-order valence-corrected chi connectivity index (χ3v) is 5.09. The molecule has 0 fully saturated rings. The van der Waals surface area contributed by atoms with Crippen molar-refractivity contribution in [3.63, 3.8) is 0 Å². The lowest BCUT2D eigenvalue weighted by molar-refractivity contribution is 0.101. The quantitative estimate of drug-likeness (QED) is 0.487. The summed E-state index contributed by atoms with van der Waals surface area (Å²) < 4.78 is 22.2. The Bertz CT molecular complexity index is 1140. The summed E-state index contributed by atoms with van der Waals surface area (Å²) in [5, 5.41) is 0.642. The van der Waals surface area contributed by atoms with Crippen LogP contribution < -0.4 is 18.9 Å². The first kappa shape index (κ1) is 19.9. The Morgan fingerprint density at radius 1 is 0.967 bits per heavy atom. The van der Waals surface area contributed by atoms with E-state index in [9.17, 15) is 4.79 Å². The van der Waals surface area contributed by atoms with E-state index >= 15 is 0 Å². The molecule has 0 saturated heterocycles. The van der Waals surface area contributed by atoms with Gasteiger partial charge in [0.05, 0.1) is 19.8 Å². The minimum absolute atomic E-state index is 0.194. The largest absolute Gasteiger partial charge is 0.497 e. The van der Waals surface area contributed by atoms with Crippen LogP contribution >= 0.6 is 11.6 Å². The van der Waals surface area contributed by atoms with Crippen molar-refractivity contribution in [2.75, 3.05) is 14.2 Å². The maximum absolute atomic E-state index is 12.7. The fourth-order valence-electron chi connectivity index (χ4n) is 3.11. The average Bonchev–Trinajstić information content (AvgIpc) is 3.08. The lowest BCUT2D eigenvalue weighted by Gasteiger charge is -2.09. The van der Waals surface area contributed by atoms with Crippen molar-refractivity contribution in [2.45, 2.75) is 6.61 Å². The molecule has 0 aliphatic carbocycles. The first-order valence-electron chi connectivity index (χ1n) is 9.25. The molecule has 30 heavy (non-hydrogen) atoms. The van der Waals surface area contributed by atoms with E-state index < -0.39 is 0 Å². The summed E-state index contributed by atoms with van der Waals surface area (Å²) in [7, 11) is 3.14. The van der Waals surface area contributed by atoms with E-state index in [1.807, 2.05) is 30.3 Å². The first-order valence-corrected chi connectivity index (χ1v) is 9.63. The Balaban J connectivity index is 1.54. The van der Waals surface area contributed by atoms with E-state index in [2.05, 4.69) is 0 Å². The SMILES string of the molecule is COc1ccc(/C=C2\Oc3cc(OCc4ccccc4Cl)ccc3C2=O)c(OC)c1. The van der Waals surface area contributed by atoms with E-state index in [1.165, 1.54) is 0 Å². The second-order valence-electron chi connectivity index (χ2n) is 6.59. The highest BCUT2D eigenvalue weighted by atomic mass is 35.5. The third-order valence-electron chi connectivity index (χ3n) is 4.72. The van der Waals surface area contributed by atoms with Crippen molar-refractivity contribution in [3.8, 4) is 23.0 Å². The number of hydrogen-bond acceptors (Lipinski definition) is 5. The Morgan fingerprint density at radius 2 is 1.77 bits per heavy atom. The third kappa shape index (κ3) is 3.98.